The SMILES string of the molecule is CC(C)(C)OC(=O)N[C@H]1c2ccccc2C[C@@H]1CC(=O)C1(c2ccccc2)CC(=O)C1. The molecule has 1 N–H and O–H groups in total. The maximum Gasteiger partial charge on any atom is 0.408 e. The monoisotopic (exact) mass is 419 g/mol. The number of carbonyl (C=O) groups excluding carboxylic acids is 3. The molecule has 31 heavy (non-hydrogen) atoms. The minimum atomic E-state index is -0.733. The molecule has 1 saturated carbocycles. The maximum absolute atomic E-state index is 13.6. The lowest BCUT2D eigenvalue weighted by Gasteiger charge is -2.40. The lowest BCUT2D eigenvalue weighted by atomic mass is 9.60. The first-order valence-corrected chi connectivity index (χ1v) is 10.9. The minimum Gasteiger partial charge on any atom is -0.444 e. The molecule has 2 atom stereocenters. The van der Waals surface area contributed by atoms with Crippen LogP contribution in [0.25, 0.3) is 0 Å². The summed E-state index contributed by atoms with van der Waals surface area (Å²) in [6, 6.07) is 17.3. The zero-order valence-corrected chi connectivity index (χ0v) is 18.3. The highest BCUT2D eigenvalue weighted by Gasteiger charge is 2.51. The molecule has 162 valence electrons. The Balaban J connectivity index is 1.57. The van der Waals surface area contributed by atoms with Gasteiger partial charge in [0.2, 0.25) is 0 Å². The summed E-state index contributed by atoms with van der Waals surface area (Å²) in [4.78, 5) is 38.0. The molecule has 1 fully saturated rings. The third kappa shape index (κ3) is 4.27. The minimum absolute atomic E-state index is 0.0753. The predicted octanol–water partition coefficient (Wildman–Crippen LogP) is 4.68. The molecule has 2 aliphatic carbocycles. The van der Waals surface area contributed by atoms with E-state index in [0.29, 0.717) is 12.8 Å². The second-order valence-corrected chi connectivity index (χ2v) is 9.75. The predicted molar refractivity (Wildman–Crippen MR) is 118 cm³/mol. The number of fused-ring (bicyclic) bond motifs is 1. The summed E-state index contributed by atoms with van der Waals surface area (Å²) < 4.78 is 5.47. The number of alkyl carbamates (subject to hydrolysis) is 1. The molecule has 2 aliphatic rings. The number of ether oxygens (including phenoxy) is 1. The van der Waals surface area contributed by atoms with Crippen molar-refractivity contribution >= 4 is 17.7 Å². The molecule has 0 aromatic heterocycles. The Kier molecular flexibility index (Phi) is 5.46. The molecule has 0 bridgehead atoms. The molecule has 1 amide bonds. The van der Waals surface area contributed by atoms with Crippen molar-refractivity contribution in [3.05, 3.63) is 71.3 Å². The van der Waals surface area contributed by atoms with Crippen LogP contribution in [0.2, 0.25) is 0 Å². The zero-order chi connectivity index (χ0) is 22.2. The molecular weight excluding hydrogens is 390 g/mol. The summed E-state index contributed by atoms with van der Waals surface area (Å²) in [5, 5.41) is 3.00. The van der Waals surface area contributed by atoms with E-state index in [1.807, 2.05) is 75.4 Å². The normalized spacial score (nSPS) is 21.7. The van der Waals surface area contributed by atoms with Crippen LogP contribution in [0.3, 0.4) is 0 Å². The molecule has 0 aliphatic heterocycles. The Morgan fingerprint density at radius 3 is 2.32 bits per heavy atom. The molecule has 0 saturated heterocycles. The number of Topliss-reactive ketones (excluding diaryl/α,β-unsaturated/α-hetero) is 2. The van der Waals surface area contributed by atoms with Gasteiger partial charge in [0, 0.05) is 19.3 Å². The van der Waals surface area contributed by atoms with Gasteiger partial charge in [-0.2, -0.15) is 0 Å². The molecule has 2 aromatic rings. The molecule has 5 heteroatoms. The highest BCUT2D eigenvalue weighted by Crippen LogP contribution is 2.46. The van der Waals surface area contributed by atoms with Crippen molar-refractivity contribution in [3.8, 4) is 0 Å². The molecule has 4 rings (SSSR count). The number of carbonyl (C=O) groups is 3. The zero-order valence-electron chi connectivity index (χ0n) is 18.3. The second kappa shape index (κ2) is 7.95. The lowest BCUT2D eigenvalue weighted by Crippen LogP contribution is -2.49. The molecular formula is C26H29NO4. The summed E-state index contributed by atoms with van der Waals surface area (Å²) in [5.74, 6) is 0.121. The first-order valence-electron chi connectivity index (χ1n) is 10.9. The maximum atomic E-state index is 13.6. The van der Waals surface area contributed by atoms with Crippen LogP contribution < -0.4 is 5.32 Å². The Bertz CT molecular complexity index is 998. The third-order valence-electron chi connectivity index (χ3n) is 6.32. The van der Waals surface area contributed by atoms with Crippen molar-refractivity contribution in [1.82, 2.24) is 5.32 Å². The summed E-state index contributed by atoms with van der Waals surface area (Å²) >= 11 is 0. The van der Waals surface area contributed by atoms with Crippen LogP contribution in [0.15, 0.2) is 54.6 Å². The van der Waals surface area contributed by atoms with Gasteiger partial charge in [-0.1, -0.05) is 54.6 Å². The van der Waals surface area contributed by atoms with Crippen molar-refractivity contribution in [3.63, 3.8) is 0 Å². The van der Waals surface area contributed by atoms with E-state index < -0.39 is 17.1 Å². The van der Waals surface area contributed by atoms with Crippen LogP contribution >= 0.6 is 0 Å². The van der Waals surface area contributed by atoms with E-state index in [2.05, 4.69) is 5.32 Å². The topological polar surface area (TPSA) is 72.5 Å². The Hall–Kier alpha value is -2.95. The molecule has 0 heterocycles. The van der Waals surface area contributed by atoms with Gasteiger partial charge in [-0.25, -0.2) is 4.79 Å². The Labute approximate surface area is 183 Å². The van der Waals surface area contributed by atoms with Crippen LogP contribution in [-0.2, 0) is 26.2 Å². The van der Waals surface area contributed by atoms with Crippen LogP contribution in [-0.4, -0.2) is 23.3 Å². The molecule has 2 aromatic carbocycles. The van der Waals surface area contributed by atoms with Crippen molar-refractivity contribution in [2.24, 2.45) is 5.92 Å². The van der Waals surface area contributed by atoms with Gasteiger partial charge in [0.15, 0.2) is 0 Å². The van der Waals surface area contributed by atoms with Crippen LogP contribution in [0.5, 0.6) is 0 Å². The average molecular weight is 420 g/mol. The number of nitrogens with one attached hydrogen (secondary N) is 1. The third-order valence-corrected chi connectivity index (χ3v) is 6.32. The first-order chi connectivity index (χ1) is 14.7. The van der Waals surface area contributed by atoms with E-state index in [-0.39, 0.29) is 36.4 Å². The average Bonchev–Trinajstić information content (AvgIpc) is 3.01. The van der Waals surface area contributed by atoms with E-state index in [4.69, 9.17) is 4.74 Å². The summed E-state index contributed by atoms with van der Waals surface area (Å²) in [6.07, 6.45) is 1.06. The number of rotatable bonds is 5. The van der Waals surface area contributed by atoms with Gasteiger partial charge in [-0.3, -0.25) is 9.59 Å². The van der Waals surface area contributed by atoms with Gasteiger partial charge < -0.3 is 10.1 Å². The number of amides is 1. The van der Waals surface area contributed by atoms with Crippen molar-refractivity contribution in [2.75, 3.05) is 0 Å². The standard InChI is InChI=1S/C26H29NO4/c1-25(2,3)31-24(30)27-23-18(13-17-9-7-8-12-21(17)23)14-22(29)26(15-20(28)16-26)19-10-5-4-6-11-19/h4-12,18,23H,13-16H2,1-3H3,(H,27,30)/t18-,23-/m1/s1. The van der Waals surface area contributed by atoms with E-state index in [1.165, 1.54) is 0 Å². The fraction of sp³-hybridized carbons (Fsp3) is 0.423. The van der Waals surface area contributed by atoms with E-state index in [9.17, 15) is 14.4 Å². The molecule has 5 nitrogen and oxygen atoms in total. The fourth-order valence-electron chi connectivity index (χ4n) is 4.87. The van der Waals surface area contributed by atoms with Gasteiger partial charge in [0.25, 0.3) is 0 Å². The van der Waals surface area contributed by atoms with Crippen molar-refractivity contribution < 1.29 is 19.1 Å². The van der Waals surface area contributed by atoms with Crippen LogP contribution in [0.4, 0.5) is 4.79 Å². The number of ketones is 2. The summed E-state index contributed by atoms with van der Waals surface area (Å²) in [7, 11) is 0. The smallest absolute Gasteiger partial charge is 0.408 e. The van der Waals surface area contributed by atoms with Gasteiger partial charge in [-0.15, -0.1) is 0 Å². The molecule has 0 unspecified atom stereocenters. The number of benzene rings is 2. The van der Waals surface area contributed by atoms with Gasteiger partial charge in [0.05, 0.1) is 11.5 Å². The second-order valence-electron chi connectivity index (χ2n) is 9.75. The van der Waals surface area contributed by atoms with Gasteiger partial charge in [-0.05, 0) is 49.8 Å². The number of hydrogen-bond acceptors (Lipinski definition) is 4. The Morgan fingerprint density at radius 2 is 1.68 bits per heavy atom. The molecule has 0 spiro atoms. The van der Waals surface area contributed by atoms with Crippen molar-refractivity contribution in [2.45, 2.75) is 63.5 Å². The fourth-order valence-corrected chi connectivity index (χ4v) is 4.87. The van der Waals surface area contributed by atoms with Crippen molar-refractivity contribution in [1.29, 1.82) is 0 Å². The quantitative estimate of drug-likeness (QED) is 0.763. The summed E-state index contributed by atoms with van der Waals surface area (Å²) in [5.41, 5.74) is 1.75. The van der Waals surface area contributed by atoms with Gasteiger partial charge >= 0.3 is 6.09 Å². The van der Waals surface area contributed by atoms with Crippen LogP contribution in [0, 0.1) is 5.92 Å². The van der Waals surface area contributed by atoms with E-state index >= 15 is 0 Å². The highest BCUT2D eigenvalue weighted by atomic mass is 16.6. The van der Waals surface area contributed by atoms with E-state index in [1.54, 1.807) is 0 Å². The van der Waals surface area contributed by atoms with Crippen LogP contribution in [0.1, 0.15) is 62.8 Å². The lowest BCUT2D eigenvalue weighted by molar-refractivity contribution is -0.140. The van der Waals surface area contributed by atoms with E-state index in [0.717, 1.165) is 16.7 Å². The molecule has 0 radical (unpaired) electrons. The van der Waals surface area contributed by atoms with Gasteiger partial charge in [0.1, 0.15) is 17.2 Å². The first kappa shape index (κ1) is 21.3. The largest absolute Gasteiger partial charge is 0.444 e. The number of hydrogen-bond donors (Lipinski definition) is 1. The Morgan fingerprint density at radius 1 is 1.03 bits per heavy atom. The summed E-state index contributed by atoms with van der Waals surface area (Å²) in [6.45, 7) is 5.48. The highest BCUT2D eigenvalue weighted by molar-refractivity contribution is 6.05.